The van der Waals surface area contributed by atoms with E-state index in [1.165, 1.54) is 6.08 Å². The van der Waals surface area contributed by atoms with E-state index in [2.05, 4.69) is 26.2 Å². The third kappa shape index (κ3) is 4.19. The van der Waals surface area contributed by atoms with Crippen LogP contribution in [0.4, 0.5) is 5.82 Å². The first kappa shape index (κ1) is 13.8. The number of anilines is 1. The van der Waals surface area contributed by atoms with E-state index >= 15 is 0 Å². The zero-order valence-corrected chi connectivity index (χ0v) is 12.1. The molecule has 3 nitrogen and oxygen atoms in total. The van der Waals surface area contributed by atoms with Crippen LogP contribution >= 0.6 is 27.5 Å². The summed E-state index contributed by atoms with van der Waals surface area (Å²) in [5.74, 6) is 0.574. The fourth-order valence-electron chi connectivity index (χ4n) is 1.37. The topological polar surface area (TPSA) is 42.0 Å². The molecule has 2 aromatic rings. The number of carbonyl (C=O) groups excluding carboxylic acids is 1. The smallest absolute Gasteiger partial charge is 0.187 e. The normalized spacial score (nSPS) is 10.6. The van der Waals surface area contributed by atoms with Crippen LogP contribution in [-0.2, 0) is 0 Å². The van der Waals surface area contributed by atoms with Gasteiger partial charge in [0.1, 0.15) is 5.82 Å². The van der Waals surface area contributed by atoms with Crippen molar-refractivity contribution in [2.45, 2.75) is 0 Å². The van der Waals surface area contributed by atoms with Crippen molar-refractivity contribution in [1.82, 2.24) is 4.98 Å². The molecule has 0 amide bonds. The Hall–Kier alpha value is -1.65. The summed E-state index contributed by atoms with van der Waals surface area (Å²) in [6, 6.07) is 10.4. The lowest BCUT2D eigenvalue weighted by Gasteiger charge is -1.99. The second-order valence-electron chi connectivity index (χ2n) is 3.71. The number of hydrogen-bond acceptors (Lipinski definition) is 3. The van der Waals surface area contributed by atoms with E-state index in [1.54, 1.807) is 42.7 Å². The Balaban J connectivity index is 1.97. The summed E-state index contributed by atoms with van der Waals surface area (Å²) in [6.07, 6.45) is 4.69. The van der Waals surface area contributed by atoms with Crippen LogP contribution in [0.3, 0.4) is 0 Å². The van der Waals surface area contributed by atoms with Gasteiger partial charge in [-0.2, -0.15) is 0 Å². The number of halogens is 2. The van der Waals surface area contributed by atoms with Crippen molar-refractivity contribution in [2.24, 2.45) is 0 Å². The quantitative estimate of drug-likeness (QED) is 0.668. The van der Waals surface area contributed by atoms with Crippen molar-refractivity contribution < 1.29 is 4.79 Å². The van der Waals surface area contributed by atoms with Crippen LogP contribution in [0.25, 0.3) is 0 Å². The lowest BCUT2D eigenvalue weighted by atomic mass is 10.1. The summed E-state index contributed by atoms with van der Waals surface area (Å²) in [5.41, 5.74) is 0.589. The van der Waals surface area contributed by atoms with Gasteiger partial charge in [-0.1, -0.05) is 11.6 Å². The van der Waals surface area contributed by atoms with Gasteiger partial charge in [-0.25, -0.2) is 4.98 Å². The first-order chi connectivity index (χ1) is 9.15. The second kappa shape index (κ2) is 6.50. The van der Waals surface area contributed by atoms with Gasteiger partial charge in [-0.3, -0.25) is 4.79 Å². The Morgan fingerprint density at radius 3 is 2.58 bits per heavy atom. The van der Waals surface area contributed by atoms with Crippen LogP contribution in [0.15, 0.2) is 59.3 Å². The van der Waals surface area contributed by atoms with Crippen molar-refractivity contribution in [1.29, 1.82) is 0 Å². The molecule has 1 heterocycles. The molecule has 0 aliphatic heterocycles. The average molecular weight is 338 g/mol. The Labute approximate surface area is 124 Å². The highest BCUT2D eigenvalue weighted by Crippen LogP contribution is 2.11. The molecule has 0 saturated carbocycles. The molecule has 0 fully saturated rings. The molecule has 2 rings (SSSR count). The predicted molar refractivity (Wildman–Crippen MR) is 80.5 cm³/mol. The van der Waals surface area contributed by atoms with Gasteiger partial charge in [0.25, 0.3) is 0 Å². The number of carbonyl (C=O) groups is 1. The number of hydrogen-bond donors (Lipinski definition) is 1. The summed E-state index contributed by atoms with van der Waals surface area (Å²) in [4.78, 5) is 15.9. The van der Waals surface area contributed by atoms with Gasteiger partial charge in [0.05, 0.1) is 0 Å². The molecule has 0 spiro atoms. The van der Waals surface area contributed by atoms with E-state index in [9.17, 15) is 4.79 Å². The van der Waals surface area contributed by atoms with E-state index in [4.69, 9.17) is 11.6 Å². The maximum absolute atomic E-state index is 11.8. The molecular weight excluding hydrogens is 328 g/mol. The minimum absolute atomic E-state index is 0.0960. The Morgan fingerprint density at radius 2 is 1.95 bits per heavy atom. The molecule has 0 atom stereocenters. The molecule has 1 aromatic carbocycles. The SMILES string of the molecule is O=C(C=CNc1ccc(Br)cn1)c1ccc(Cl)cc1. The highest BCUT2D eigenvalue weighted by Gasteiger charge is 2.00. The number of allylic oxidation sites excluding steroid dienone is 1. The summed E-state index contributed by atoms with van der Waals surface area (Å²) in [5, 5.41) is 3.53. The van der Waals surface area contributed by atoms with E-state index < -0.39 is 0 Å². The van der Waals surface area contributed by atoms with Crippen LogP contribution in [0.2, 0.25) is 5.02 Å². The summed E-state index contributed by atoms with van der Waals surface area (Å²) in [6.45, 7) is 0. The highest BCUT2D eigenvalue weighted by molar-refractivity contribution is 9.10. The zero-order valence-electron chi connectivity index (χ0n) is 9.81. The molecule has 0 aliphatic carbocycles. The van der Waals surface area contributed by atoms with Crippen molar-refractivity contribution in [2.75, 3.05) is 5.32 Å². The van der Waals surface area contributed by atoms with Crippen molar-refractivity contribution in [3.63, 3.8) is 0 Å². The van der Waals surface area contributed by atoms with Crippen LogP contribution in [0, 0.1) is 0 Å². The summed E-state index contributed by atoms with van der Waals surface area (Å²) >= 11 is 9.06. The van der Waals surface area contributed by atoms with Crippen molar-refractivity contribution in [3.8, 4) is 0 Å². The van der Waals surface area contributed by atoms with Crippen molar-refractivity contribution >= 4 is 39.1 Å². The third-order valence-electron chi connectivity index (χ3n) is 2.32. The van der Waals surface area contributed by atoms with Gasteiger partial charge >= 0.3 is 0 Å². The summed E-state index contributed by atoms with van der Waals surface area (Å²) in [7, 11) is 0. The summed E-state index contributed by atoms with van der Waals surface area (Å²) < 4.78 is 0.902. The number of rotatable bonds is 4. The predicted octanol–water partition coefficient (Wildman–Crippen LogP) is 4.31. The lowest BCUT2D eigenvalue weighted by molar-refractivity contribution is 0.104. The van der Waals surface area contributed by atoms with E-state index in [1.807, 2.05) is 6.07 Å². The number of nitrogens with zero attached hydrogens (tertiary/aromatic N) is 1. The standard InChI is InChI=1S/C14H10BrClN2O/c15-11-3-6-14(18-9-11)17-8-7-13(19)10-1-4-12(16)5-2-10/h1-9H,(H,17,18). The molecule has 0 aliphatic rings. The minimum Gasteiger partial charge on any atom is -0.347 e. The van der Waals surface area contributed by atoms with Gasteiger partial charge in [0, 0.05) is 33.5 Å². The highest BCUT2D eigenvalue weighted by atomic mass is 79.9. The maximum atomic E-state index is 11.8. The fraction of sp³-hybridized carbons (Fsp3) is 0. The minimum atomic E-state index is -0.0960. The molecule has 1 aromatic heterocycles. The monoisotopic (exact) mass is 336 g/mol. The van der Waals surface area contributed by atoms with Crippen LogP contribution in [0.5, 0.6) is 0 Å². The van der Waals surface area contributed by atoms with Gasteiger partial charge < -0.3 is 5.32 Å². The Bertz CT molecular complexity index is 594. The van der Waals surface area contributed by atoms with Gasteiger partial charge in [0.15, 0.2) is 5.78 Å². The fourth-order valence-corrected chi connectivity index (χ4v) is 1.73. The molecule has 0 unspecified atom stereocenters. The number of aromatic nitrogens is 1. The second-order valence-corrected chi connectivity index (χ2v) is 5.06. The van der Waals surface area contributed by atoms with Gasteiger partial charge in [0.2, 0.25) is 0 Å². The Morgan fingerprint density at radius 1 is 1.21 bits per heavy atom. The van der Waals surface area contributed by atoms with Crippen LogP contribution in [0.1, 0.15) is 10.4 Å². The molecule has 0 saturated heterocycles. The van der Waals surface area contributed by atoms with Gasteiger partial charge in [-0.15, -0.1) is 0 Å². The average Bonchev–Trinajstić information content (AvgIpc) is 2.41. The molecule has 5 heteroatoms. The Kier molecular flexibility index (Phi) is 4.71. The first-order valence-electron chi connectivity index (χ1n) is 5.50. The molecule has 96 valence electrons. The third-order valence-corrected chi connectivity index (χ3v) is 3.04. The maximum Gasteiger partial charge on any atom is 0.187 e. The molecule has 1 N–H and O–H groups in total. The molecule has 19 heavy (non-hydrogen) atoms. The zero-order chi connectivity index (χ0) is 13.7. The number of benzene rings is 1. The van der Waals surface area contributed by atoms with E-state index in [-0.39, 0.29) is 5.78 Å². The van der Waals surface area contributed by atoms with Gasteiger partial charge in [-0.05, 0) is 52.3 Å². The molecule has 0 radical (unpaired) electrons. The van der Waals surface area contributed by atoms with E-state index in [0.29, 0.717) is 16.4 Å². The number of nitrogens with one attached hydrogen (secondary N) is 1. The molecule has 0 bridgehead atoms. The van der Waals surface area contributed by atoms with E-state index in [0.717, 1.165) is 4.47 Å². The lowest BCUT2D eigenvalue weighted by Crippen LogP contribution is -1.96. The number of pyridine rings is 1. The van der Waals surface area contributed by atoms with Crippen LogP contribution in [-0.4, -0.2) is 10.8 Å². The number of ketones is 1. The van der Waals surface area contributed by atoms with Crippen LogP contribution < -0.4 is 5.32 Å². The van der Waals surface area contributed by atoms with Crippen molar-refractivity contribution in [3.05, 3.63) is 69.9 Å². The largest absolute Gasteiger partial charge is 0.347 e. The first-order valence-corrected chi connectivity index (χ1v) is 6.67. The molecular formula is C14H10BrClN2O.